The number of hydrogen-bond donors (Lipinski definition) is 4. The molecule has 3 aromatic heterocycles. The van der Waals surface area contributed by atoms with Crippen molar-refractivity contribution in [2.24, 2.45) is 0 Å². The molecule has 0 unspecified atom stereocenters. The van der Waals surface area contributed by atoms with E-state index in [2.05, 4.69) is 44.7 Å². The first-order valence-electron chi connectivity index (χ1n) is 9.89. The van der Waals surface area contributed by atoms with Crippen molar-refractivity contribution in [2.45, 2.75) is 19.8 Å². The summed E-state index contributed by atoms with van der Waals surface area (Å²) in [5.41, 5.74) is 6.02. The SMILES string of the molecule is CC(C)c1c(-c2cc(Br)cc3[nH]ccc23)[nH]c(C(=O)O)c1-c1c(Cl)ccc2[nH]ccc12. The van der Waals surface area contributed by atoms with Gasteiger partial charge in [-0.2, -0.15) is 0 Å². The summed E-state index contributed by atoms with van der Waals surface area (Å²) in [6, 6.07) is 11.7. The Balaban J connectivity index is 1.94. The summed E-state index contributed by atoms with van der Waals surface area (Å²) in [7, 11) is 0. The molecule has 0 saturated carbocycles. The Bertz CT molecular complexity index is 1480. The molecule has 5 aromatic rings. The number of aromatic nitrogens is 3. The average Bonchev–Trinajstić information content (AvgIpc) is 3.44. The van der Waals surface area contributed by atoms with Gasteiger partial charge >= 0.3 is 5.97 Å². The number of H-pyrrole nitrogens is 3. The molecule has 3 heterocycles. The van der Waals surface area contributed by atoms with Gasteiger partial charge in [0.1, 0.15) is 5.69 Å². The van der Waals surface area contributed by atoms with Crippen molar-refractivity contribution in [1.29, 1.82) is 0 Å². The number of aromatic amines is 3. The summed E-state index contributed by atoms with van der Waals surface area (Å²) in [5.74, 6) is -0.973. The van der Waals surface area contributed by atoms with Gasteiger partial charge in [0.05, 0.1) is 5.69 Å². The van der Waals surface area contributed by atoms with E-state index in [1.54, 1.807) is 0 Å². The topological polar surface area (TPSA) is 84.7 Å². The van der Waals surface area contributed by atoms with Crippen LogP contribution < -0.4 is 0 Å². The van der Waals surface area contributed by atoms with Crippen LogP contribution in [0.5, 0.6) is 0 Å². The second-order valence-corrected chi connectivity index (χ2v) is 9.20. The Morgan fingerprint density at radius 3 is 2.42 bits per heavy atom. The fourth-order valence-electron chi connectivity index (χ4n) is 4.42. The number of nitrogens with one attached hydrogen (secondary N) is 3. The number of carboxylic acid groups (broad SMARTS) is 1. The van der Waals surface area contributed by atoms with Crippen LogP contribution in [0.25, 0.3) is 44.2 Å². The maximum absolute atomic E-state index is 12.4. The number of fused-ring (bicyclic) bond motifs is 2. The highest BCUT2D eigenvalue weighted by molar-refractivity contribution is 9.10. The molecule has 0 bridgehead atoms. The molecule has 0 aliphatic rings. The van der Waals surface area contributed by atoms with Crippen LogP contribution in [-0.2, 0) is 0 Å². The Labute approximate surface area is 191 Å². The zero-order valence-electron chi connectivity index (χ0n) is 16.8. The molecule has 0 aliphatic heterocycles. The second kappa shape index (κ2) is 7.32. The molecule has 31 heavy (non-hydrogen) atoms. The Kier molecular flexibility index (Phi) is 4.72. The summed E-state index contributed by atoms with van der Waals surface area (Å²) in [6.07, 6.45) is 3.72. The van der Waals surface area contributed by atoms with Crippen LogP contribution in [0.4, 0.5) is 0 Å². The molecule has 0 fully saturated rings. The van der Waals surface area contributed by atoms with E-state index in [9.17, 15) is 9.90 Å². The number of benzene rings is 2. The van der Waals surface area contributed by atoms with Gasteiger partial charge in [-0.05, 0) is 47.9 Å². The molecule has 4 N–H and O–H groups in total. The maximum atomic E-state index is 12.4. The minimum Gasteiger partial charge on any atom is -0.477 e. The highest BCUT2D eigenvalue weighted by Gasteiger charge is 2.29. The molecule has 5 rings (SSSR count). The van der Waals surface area contributed by atoms with Gasteiger partial charge in [0.2, 0.25) is 0 Å². The van der Waals surface area contributed by atoms with Gasteiger partial charge in [0, 0.05) is 60.4 Å². The monoisotopic (exact) mass is 495 g/mol. The van der Waals surface area contributed by atoms with Crippen molar-refractivity contribution >= 4 is 55.3 Å². The van der Waals surface area contributed by atoms with E-state index in [0.717, 1.165) is 48.7 Å². The van der Waals surface area contributed by atoms with Crippen molar-refractivity contribution in [2.75, 3.05) is 0 Å². The van der Waals surface area contributed by atoms with Crippen molar-refractivity contribution in [3.8, 4) is 22.4 Å². The second-order valence-electron chi connectivity index (χ2n) is 7.88. The summed E-state index contributed by atoms with van der Waals surface area (Å²) in [5, 5.41) is 12.6. The van der Waals surface area contributed by atoms with Gasteiger partial charge in [-0.1, -0.05) is 41.4 Å². The van der Waals surface area contributed by atoms with Crippen molar-refractivity contribution in [3.05, 3.63) is 69.5 Å². The molecule has 0 atom stereocenters. The lowest BCUT2D eigenvalue weighted by Gasteiger charge is -2.15. The molecule has 5 nitrogen and oxygen atoms in total. The lowest BCUT2D eigenvalue weighted by Crippen LogP contribution is -2.00. The van der Waals surface area contributed by atoms with Crippen LogP contribution in [0.2, 0.25) is 5.02 Å². The van der Waals surface area contributed by atoms with Gasteiger partial charge in [-0.3, -0.25) is 0 Å². The smallest absolute Gasteiger partial charge is 0.352 e. The normalized spacial score (nSPS) is 11.8. The van der Waals surface area contributed by atoms with E-state index >= 15 is 0 Å². The van der Waals surface area contributed by atoms with Crippen LogP contribution in [0, 0.1) is 0 Å². The third-order valence-electron chi connectivity index (χ3n) is 5.67. The minimum atomic E-state index is -1.02. The highest BCUT2D eigenvalue weighted by atomic mass is 79.9. The van der Waals surface area contributed by atoms with Crippen LogP contribution in [-0.4, -0.2) is 26.0 Å². The predicted octanol–water partition coefficient (Wildman–Crippen LogP) is 7.55. The average molecular weight is 497 g/mol. The van der Waals surface area contributed by atoms with E-state index in [1.165, 1.54) is 0 Å². The van der Waals surface area contributed by atoms with Crippen LogP contribution in [0.1, 0.15) is 35.8 Å². The zero-order chi connectivity index (χ0) is 21.9. The highest BCUT2D eigenvalue weighted by Crippen LogP contribution is 2.46. The molecule has 0 saturated heterocycles. The summed E-state index contributed by atoms with van der Waals surface area (Å²) < 4.78 is 0.908. The molecule has 2 aromatic carbocycles. The van der Waals surface area contributed by atoms with Gasteiger partial charge in [0.25, 0.3) is 0 Å². The molecule has 156 valence electrons. The number of rotatable bonds is 4. The van der Waals surface area contributed by atoms with Gasteiger partial charge in [-0.25, -0.2) is 4.79 Å². The third kappa shape index (κ3) is 3.09. The maximum Gasteiger partial charge on any atom is 0.352 e. The van der Waals surface area contributed by atoms with Crippen LogP contribution in [0.3, 0.4) is 0 Å². The lowest BCUT2D eigenvalue weighted by molar-refractivity contribution is 0.0692. The van der Waals surface area contributed by atoms with Gasteiger partial charge in [0.15, 0.2) is 0 Å². The summed E-state index contributed by atoms with van der Waals surface area (Å²) >= 11 is 10.3. The largest absolute Gasteiger partial charge is 0.477 e. The van der Waals surface area contributed by atoms with Crippen molar-refractivity contribution in [3.63, 3.8) is 0 Å². The number of carbonyl (C=O) groups is 1. The Hall–Kier alpha value is -2.96. The van der Waals surface area contributed by atoms with E-state index in [-0.39, 0.29) is 11.6 Å². The Morgan fingerprint density at radius 2 is 1.71 bits per heavy atom. The molecule has 0 radical (unpaired) electrons. The first-order valence-corrected chi connectivity index (χ1v) is 11.1. The van der Waals surface area contributed by atoms with Gasteiger partial charge in [-0.15, -0.1) is 0 Å². The van der Waals surface area contributed by atoms with E-state index in [1.807, 2.05) is 48.8 Å². The van der Waals surface area contributed by atoms with Crippen LogP contribution >= 0.6 is 27.5 Å². The standard InChI is InChI=1S/C24H19BrClN3O2/c1-11(2)19-21(20-14-6-8-27-17(14)4-3-16(20)26)23(24(30)31)29-22(19)15-9-12(25)10-18-13(15)5-7-28-18/h3-11,27-29H,1-2H3,(H,30,31). The lowest BCUT2D eigenvalue weighted by atomic mass is 9.89. The Morgan fingerprint density at radius 1 is 1.00 bits per heavy atom. The number of hydrogen-bond acceptors (Lipinski definition) is 1. The van der Waals surface area contributed by atoms with Crippen molar-refractivity contribution < 1.29 is 9.90 Å². The van der Waals surface area contributed by atoms with E-state index in [4.69, 9.17) is 11.6 Å². The molecular weight excluding hydrogens is 478 g/mol. The van der Waals surface area contributed by atoms with Crippen LogP contribution in [0.15, 0.2) is 53.3 Å². The molecule has 0 aliphatic carbocycles. The molecule has 0 amide bonds. The van der Waals surface area contributed by atoms with Crippen molar-refractivity contribution in [1.82, 2.24) is 15.0 Å². The number of carboxylic acids is 1. The minimum absolute atomic E-state index is 0.0487. The molecule has 0 spiro atoms. The quantitative estimate of drug-likeness (QED) is 0.207. The zero-order valence-corrected chi connectivity index (χ0v) is 19.1. The van der Waals surface area contributed by atoms with Gasteiger partial charge < -0.3 is 20.1 Å². The molecular formula is C24H19BrClN3O2. The third-order valence-corrected chi connectivity index (χ3v) is 6.44. The predicted molar refractivity (Wildman–Crippen MR) is 129 cm³/mol. The first-order chi connectivity index (χ1) is 14.9. The molecule has 7 heteroatoms. The van der Waals surface area contributed by atoms with E-state index in [0.29, 0.717) is 10.6 Å². The first kappa shape index (κ1) is 20.0. The summed E-state index contributed by atoms with van der Waals surface area (Å²) in [4.78, 5) is 22.1. The number of aromatic carboxylic acids is 1. The number of halogens is 2. The summed E-state index contributed by atoms with van der Waals surface area (Å²) in [6.45, 7) is 4.14. The fourth-order valence-corrected chi connectivity index (χ4v) is 5.14. The van der Waals surface area contributed by atoms with E-state index < -0.39 is 5.97 Å². The fraction of sp³-hybridized carbons (Fsp3) is 0.125.